The van der Waals surface area contributed by atoms with Gasteiger partial charge in [-0.25, -0.2) is 4.99 Å². The van der Waals surface area contributed by atoms with E-state index in [0.717, 1.165) is 38.3 Å². The first-order valence-corrected chi connectivity index (χ1v) is 8.51. The number of hydrogen-bond donors (Lipinski definition) is 3. The van der Waals surface area contributed by atoms with E-state index >= 15 is 0 Å². The minimum absolute atomic E-state index is 0.527. The third kappa shape index (κ3) is 2.97. The standard InChI is InChI=1S/C15H24N6S/c1-11-13(16)18-15(2,19-14(11)17)21-6-4-20(5-7-21)9-12-3-8-22-10-12/h3,8,10,18H,4-7,9,16H2,1-2H3,(H2,17,19). The van der Waals surface area contributed by atoms with E-state index in [1.165, 1.54) is 5.56 Å². The number of nitrogens with two attached hydrogens (primary N) is 2. The number of rotatable bonds is 3. The van der Waals surface area contributed by atoms with E-state index in [-0.39, 0.29) is 0 Å². The van der Waals surface area contributed by atoms with Gasteiger partial charge in [0.2, 0.25) is 0 Å². The molecule has 3 rings (SSSR count). The van der Waals surface area contributed by atoms with Crippen molar-refractivity contribution in [1.82, 2.24) is 15.1 Å². The lowest BCUT2D eigenvalue weighted by Crippen LogP contribution is -2.63. The number of amidine groups is 1. The van der Waals surface area contributed by atoms with Gasteiger partial charge in [-0.05, 0) is 36.2 Å². The highest BCUT2D eigenvalue weighted by Crippen LogP contribution is 2.22. The fraction of sp³-hybridized carbons (Fsp3) is 0.533. The zero-order valence-corrected chi connectivity index (χ0v) is 14.0. The van der Waals surface area contributed by atoms with Crippen LogP contribution < -0.4 is 16.8 Å². The first-order chi connectivity index (χ1) is 10.5. The molecule has 7 heteroatoms. The zero-order chi connectivity index (χ0) is 15.7. The highest BCUT2D eigenvalue weighted by molar-refractivity contribution is 7.07. The number of nitrogens with one attached hydrogen (secondary N) is 1. The van der Waals surface area contributed by atoms with Crippen LogP contribution in [0.1, 0.15) is 19.4 Å². The van der Waals surface area contributed by atoms with Gasteiger partial charge in [0.05, 0.1) is 0 Å². The van der Waals surface area contributed by atoms with Crippen LogP contribution >= 0.6 is 11.3 Å². The molecule has 3 heterocycles. The molecule has 2 aliphatic rings. The molecule has 1 aromatic rings. The zero-order valence-electron chi connectivity index (χ0n) is 13.2. The normalized spacial score (nSPS) is 27.6. The molecule has 5 N–H and O–H groups in total. The molecule has 22 heavy (non-hydrogen) atoms. The van der Waals surface area contributed by atoms with E-state index in [1.54, 1.807) is 11.3 Å². The van der Waals surface area contributed by atoms with Gasteiger partial charge in [-0.3, -0.25) is 9.80 Å². The Morgan fingerprint density at radius 1 is 1.32 bits per heavy atom. The quantitative estimate of drug-likeness (QED) is 0.763. The van der Waals surface area contributed by atoms with Gasteiger partial charge < -0.3 is 16.8 Å². The van der Waals surface area contributed by atoms with Gasteiger partial charge in [-0.1, -0.05) is 0 Å². The second kappa shape index (κ2) is 5.91. The largest absolute Gasteiger partial charge is 0.385 e. The van der Waals surface area contributed by atoms with Crippen molar-refractivity contribution in [2.45, 2.75) is 26.2 Å². The molecule has 120 valence electrons. The molecular weight excluding hydrogens is 296 g/mol. The predicted octanol–water partition coefficient (Wildman–Crippen LogP) is 0.690. The molecule has 0 amide bonds. The fourth-order valence-corrected chi connectivity index (χ4v) is 3.62. The Kier molecular flexibility index (Phi) is 4.12. The lowest BCUT2D eigenvalue weighted by molar-refractivity contribution is 0.0282. The van der Waals surface area contributed by atoms with Crippen LogP contribution in [-0.2, 0) is 6.54 Å². The summed E-state index contributed by atoms with van der Waals surface area (Å²) in [5.74, 6) is 0.609. The van der Waals surface area contributed by atoms with Crippen LogP contribution in [0.3, 0.4) is 0 Å². The molecule has 1 unspecified atom stereocenters. The van der Waals surface area contributed by atoms with Crippen molar-refractivity contribution in [1.29, 1.82) is 0 Å². The minimum Gasteiger partial charge on any atom is -0.385 e. The maximum Gasteiger partial charge on any atom is 0.187 e. The molecule has 0 aliphatic carbocycles. The molecule has 1 atom stereocenters. The van der Waals surface area contributed by atoms with E-state index in [9.17, 15) is 0 Å². The van der Waals surface area contributed by atoms with Gasteiger partial charge in [-0.15, -0.1) is 0 Å². The summed E-state index contributed by atoms with van der Waals surface area (Å²) in [6, 6.07) is 2.19. The number of aliphatic imine (C=N–C) groups is 1. The predicted molar refractivity (Wildman–Crippen MR) is 91.2 cm³/mol. The van der Waals surface area contributed by atoms with E-state index in [1.807, 2.05) is 13.8 Å². The Morgan fingerprint density at radius 3 is 2.64 bits per heavy atom. The first kappa shape index (κ1) is 15.3. The number of hydrogen-bond acceptors (Lipinski definition) is 7. The summed E-state index contributed by atoms with van der Waals surface area (Å²) < 4.78 is 0. The third-order valence-corrected chi connectivity index (χ3v) is 5.20. The van der Waals surface area contributed by atoms with Gasteiger partial charge in [-0.2, -0.15) is 11.3 Å². The second-order valence-corrected chi connectivity index (χ2v) is 6.86. The average molecular weight is 320 g/mol. The molecule has 1 saturated heterocycles. The molecular formula is C15H24N6S. The molecule has 2 aliphatic heterocycles. The van der Waals surface area contributed by atoms with Crippen molar-refractivity contribution in [2.24, 2.45) is 16.5 Å². The molecule has 0 radical (unpaired) electrons. The molecule has 0 saturated carbocycles. The molecule has 6 nitrogen and oxygen atoms in total. The molecule has 0 spiro atoms. The van der Waals surface area contributed by atoms with Gasteiger partial charge in [0.15, 0.2) is 5.79 Å². The van der Waals surface area contributed by atoms with Crippen LogP contribution in [0.25, 0.3) is 0 Å². The summed E-state index contributed by atoms with van der Waals surface area (Å²) in [6.07, 6.45) is 0. The first-order valence-electron chi connectivity index (χ1n) is 7.56. The van der Waals surface area contributed by atoms with Crippen molar-refractivity contribution in [3.63, 3.8) is 0 Å². The van der Waals surface area contributed by atoms with Crippen molar-refractivity contribution >= 4 is 17.2 Å². The Labute approximate surface area is 135 Å². The van der Waals surface area contributed by atoms with Crippen LogP contribution in [0, 0.1) is 0 Å². The minimum atomic E-state index is -0.540. The highest BCUT2D eigenvalue weighted by atomic mass is 32.1. The monoisotopic (exact) mass is 320 g/mol. The molecule has 0 bridgehead atoms. The topological polar surface area (TPSA) is 82.9 Å². The Bertz CT molecular complexity index is 585. The van der Waals surface area contributed by atoms with Gasteiger partial charge in [0, 0.05) is 38.3 Å². The molecule has 1 fully saturated rings. The van der Waals surface area contributed by atoms with E-state index in [0.29, 0.717) is 11.7 Å². The second-order valence-electron chi connectivity index (χ2n) is 6.08. The Balaban J connectivity index is 1.62. The Hall–Kier alpha value is -1.57. The summed E-state index contributed by atoms with van der Waals surface area (Å²) in [5.41, 5.74) is 14.3. The van der Waals surface area contributed by atoms with Crippen molar-refractivity contribution in [3.05, 3.63) is 33.8 Å². The maximum absolute atomic E-state index is 6.04. The van der Waals surface area contributed by atoms with Crippen LogP contribution in [0.15, 0.2) is 33.2 Å². The highest BCUT2D eigenvalue weighted by Gasteiger charge is 2.36. The van der Waals surface area contributed by atoms with Crippen LogP contribution in [0.4, 0.5) is 0 Å². The fourth-order valence-electron chi connectivity index (χ4n) is 2.97. The van der Waals surface area contributed by atoms with Crippen molar-refractivity contribution in [3.8, 4) is 0 Å². The number of piperazine rings is 1. The smallest absolute Gasteiger partial charge is 0.187 e. The van der Waals surface area contributed by atoms with E-state index in [4.69, 9.17) is 11.5 Å². The number of thiophene rings is 1. The van der Waals surface area contributed by atoms with E-state index in [2.05, 4.69) is 36.9 Å². The Morgan fingerprint density at radius 2 is 2.05 bits per heavy atom. The number of nitrogens with zero attached hydrogens (tertiary/aromatic N) is 3. The maximum atomic E-state index is 6.04. The molecule has 1 aromatic heterocycles. The van der Waals surface area contributed by atoms with E-state index < -0.39 is 5.79 Å². The third-order valence-electron chi connectivity index (χ3n) is 4.47. The van der Waals surface area contributed by atoms with Crippen LogP contribution in [-0.4, -0.2) is 47.6 Å². The summed E-state index contributed by atoms with van der Waals surface area (Å²) in [6.45, 7) is 8.87. The molecule has 0 aromatic carbocycles. The van der Waals surface area contributed by atoms with Gasteiger partial charge in [0.1, 0.15) is 11.7 Å². The lowest BCUT2D eigenvalue weighted by Gasteiger charge is -2.45. The average Bonchev–Trinajstić information content (AvgIpc) is 2.98. The summed E-state index contributed by atoms with van der Waals surface area (Å²) in [4.78, 5) is 9.41. The van der Waals surface area contributed by atoms with Crippen LogP contribution in [0.2, 0.25) is 0 Å². The summed E-state index contributed by atoms with van der Waals surface area (Å²) in [5, 5.41) is 7.65. The van der Waals surface area contributed by atoms with Crippen molar-refractivity contribution in [2.75, 3.05) is 26.2 Å². The van der Waals surface area contributed by atoms with Gasteiger partial charge >= 0.3 is 0 Å². The van der Waals surface area contributed by atoms with Crippen LogP contribution in [0.5, 0.6) is 0 Å². The lowest BCUT2D eigenvalue weighted by atomic mass is 10.1. The van der Waals surface area contributed by atoms with Crippen molar-refractivity contribution < 1.29 is 0 Å². The van der Waals surface area contributed by atoms with Gasteiger partial charge in [0.25, 0.3) is 0 Å². The summed E-state index contributed by atoms with van der Waals surface area (Å²) in [7, 11) is 0. The summed E-state index contributed by atoms with van der Waals surface area (Å²) >= 11 is 1.75. The SMILES string of the molecule is CC1=C(N)NC(C)(N2CCN(Cc3ccsc3)CC2)N=C1N.